The Bertz CT molecular complexity index is 3060. The number of anilines is 1. The van der Waals surface area contributed by atoms with E-state index in [0.717, 1.165) is 36.4 Å². The van der Waals surface area contributed by atoms with Gasteiger partial charge in [-0.05, 0) is 61.9 Å². The van der Waals surface area contributed by atoms with Crippen LogP contribution in [0.2, 0.25) is 0 Å². The van der Waals surface area contributed by atoms with Crippen molar-refractivity contribution in [2.45, 2.75) is 26.3 Å². The average molecular weight is 850 g/mol. The van der Waals surface area contributed by atoms with Crippen molar-refractivity contribution in [2.75, 3.05) is 5.32 Å². The van der Waals surface area contributed by atoms with Crippen LogP contribution < -0.4 is 5.32 Å². The molecule has 8 bridgehead atoms. The van der Waals surface area contributed by atoms with Crippen LogP contribution in [0.25, 0.3) is 78.6 Å². The van der Waals surface area contributed by atoms with E-state index in [4.69, 9.17) is 0 Å². The molecule has 4 N–H and O–H groups in total. The molecule has 0 spiro atoms. The molecule has 60 heavy (non-hydrogen) atoms. The normalized spacial score (nSPS) is 12.6. The van der Waals surface area contributed by atoms with E-state index in [-0.39, 0.29) is 23.1 Å². The molecule has 5 nitrogen and oxygen atoms in total. The van der Waals surface area contributed by atoms with E-state index in [9.17, 15) is 26.3 Å². The van der Waals surface area contributed by atoms with Crippen molar-refractivity contribution >= 4 is 50.9 Å². The van der Waals surface area contributed by atoms with E-state index >= 15 is 35.1 Å². The molecule has 19 heteroatoms. The summed E-state index contributed by atoms with van der Waals surface area (Å²) in [5, 5.41) is 2.36. The van der Waals surface area contributed by atoms with Crippen molar-refractivity contribution in [3.05, 3.63) is 129 Å². The van der Waals surface area contributed by atoms with Crippen molar-refractivity contribution in [3.63, 3.8) is 0 Å². The maximum absolute atomic E-state index is 16.2. The minimum Gasteiger partial charge on any atom is -0.378 e. The number of hydrogen-bond acceptors (Lipinski definition) is 2. The van der Waals surface area contributed by atoms with Gasteiger partial charge in [0.1, 0.15) is 5.69 Å². The number of halogens is 14. The Morgan fingerprint density at radius 3 is 1.10 bits per heavy atom. The molecule has 1 aliphatic rings. The zero-order valence-electron chi connectivity index (χ0n) is 30.1. The topological polar surface area (TPSA) is 72.3 Å². The molecule has 0 fully saturated rings. The third kappa shape index (κ3) is 5.96. The molecule has 0 saturated carbocycles. The number of H-pyrrole nitrogens is 3. The van der Waals surface area contributed by atoms with Gasteiger partial charge in [0.25, 0.3) is 0 Å². The number of aromatic nitrogens is 4. The molecule has 0 amide bonds. The summed E-state index contributed by atoms with van der Waals surface area (Å²) in [6, 6.07) is 5.42. The number of hydrogen-bond donors (Lipinski definition) is 4. The molecule has 308 valence electrons. The second kappa shape index (κ2) is 14.5. The fourth-order valence-electron chi connectivity index (χ4n) is 6.92. The van der Waals surface area contributed by atoms with Crippen molar-refractivity contribution in [3.8, 4) is 33.4 Å². The molecule has 1 aliphatic heterocycles. The molecule has 7 aromatic rings. The largest absolute Gasteiger partial charge is 0.378 e. The quantitative estimate of drug-likeness (QED) is 0.0765. The number of benzene rings is 3. The van der Waals surface area contributed by atoms with E-state index in [2.05, 4.69) is 25.3 Å². The molecule has 0 aliphatic carbocycles. The Labute approximate surface area is 326 Å². The Morgan fingerprint density at radius 2 is 0.700 bits per heavy atom. The van der Waals surface area contributed by atoms with Crippen LogP contribution in [0, 0.1) is 81.4 Å². The summed E-state index contributed by atoms with van der Waals surface area (Å²) in [6.07, 6.45) is 2.51. The van der Waals surface area contributed by atoms with Crippen molar-refractivity contribution in [1.29, 1.82) is 0 Å². The van der Waals surface area contributed by atoms with Crippen LogP contribution in [-0.4, -0.2) is 26.0 Å². The highest BCUT2D eigenvalue weighted by Gasteiger charge is 2.33. The van der Waals surface area contributed by atoms with Crippen LogP contribution in [0.15, 0.2) is 36.4 Å². The van der Waals surface area contributed by atoms with E-state index in [0.29, 0.717) is 0 Å². The number of fused-ring (bicyclic) bond motifs is 9. The first-order valence-corrected chi connectivity index (χ1v) is 17.5. The SMILES string of the molecule is CCC(C)Nc1c(F)c(F)c(-c2c3ccc([nH]3)c3nc(c(-c4c(F)c(F)c(F)c(F)c4F)c4ccc([nH]4)c(-c4c(F)c(F)c(F)c(F)c4F)c4ccc2[nH]4)C=C3)c(F)c1F. The van der Waals surface area contributed by atoms with Gasteiger partial charge in [-0.1, -0.05) is 6.92 Å². The molecule has 5 heterocycles. The van der Waals surface area contributed by atoms with Crippen LogP contribution in [-0.2, 0) is 0 Å². The monoisotopic (exact) mass is 849 g/mol. The molecular weight excluding hydrogens is 828 g/mol. The van der Waals surface area contributed by atoms with Gasteiger partial charge in [-0.25, -0.2) is 66.4 Å². The maximum Gasteiger partial charge on any atom is 0.200 e. The number of nitrogens with one attached hydrogen (secondary N) is 4. The molecule has 1 atom stereocenters. The van der Waals surface area contributed by atoms with Gasteiger partial charge in [-0.2, -0.15) is 0 Å². The Hall–Kier alpha value is -6.79. The summed E-state index contributed by atoms with van der Waals surface area (Å²) in [5.41, 5.74) is -11.4. The van der Waals surface area contributed by atoms with Crippen LogP contribution >= 0.6 is 0 Å². The Morgan fingerprint density at radius 1 is 0.400 bits per heavy atom. The number of rotatable bonds is 6. The van der Waals surface area contributed by atoms with Crippen molar-refractivity contribution in [2.24, 2.45) is 0 Å². The van der Waals surface area contributed by atoms with Crippen LogP contribution in [0.3, 0.4) is 0 Å². The Balaban J connectivity index is 1.61. The fraction of sp³-hybridized carbons (Fsp3) is 0.0976. The van der Waals surface area contributed by atoms with E-state index in [1.165, 1.54) is 19.1 Å². The average Bonchev–Trinajstić information content (AvgIpc) is 4.08. The minimum atomic E-state index is -2.56. The first-order valence-electron chi connectivity index (χ1n) is 17.5. The van der Waals surface area contributed by atoms with Gasteiger partial charge in [-0.15, -0.1) is 0 Å². The third-order valence-corrected chi connectivity index (χ3v) is 10.0. The molecule has 0 radical (unpaired) electrons. The lowest BCUT2D eigenvalue weighted by atomic mass is 10.0. The van der Waals surface area contributed by atoms with Crippen molar-refractivity contribution < 1.29 is 61.5 Å². The van der Waals surface area contributed by atoms with Crippen molar-refractivity contribution in [1.82, 2.24) is 19.9 Å². The van der Waals surface area contributed by atoms with E-state index in [1.807, 2.05) is 0 Å². The fourth-order valence-corrected chi connectivity index (χ4v) is 6.92. The summed E-state index contributed by atoms with van der Waals surface area (Å²) >= 11 is 0. The van der Waals surface area contributed by atoms with Gasteiger partial charge >= 0.3 is 0 Å². The Kier molecular flexibility index (Phi) is 9.66. The van der Waals surface area contributed by atoms with Gasteiger partial charge in [0.15, 0.2) is 69.8 Å². The predicted octanol–water partition coefficient (Wildman–Crippen LogP) is 12.9. The van der Waals surface area contributed by atoms with Gasteiger partial charge in [0, 0.05) is 50.3 Å². The molecule has 8 rings (SSSR count). The third-order valence-electron chi connectivity index (χ3n) is 10.0. The second-order valence-electron chi connectivity index (χ2n) is 13.5. The highest BCUT2D eigenvalue weighted by molar-refractivity contribution is 6.01. The molecule has 0 saturated heterocycles. The highest BCUT2D eigenvalue weighted by atomic mass is 19.2. The smallest absolute Gasteiger partial charge is 0.200 e. The molecule has 4 aromatic heterocycles. The maximum atomic E-state index is 16.2. The zero-order chi connectivity index (χ0) is 43.2. The number of aromatic amines is 3. The minimum absolute atomic E-state index is 0.0511. The zero-order valence-corrected chi connectivity index (χ0v) is 30.1. The van der Waals surface area contributed by atoms with Gasteiger partial charge < -0.3 is 20.3 Å². The standard InChI is InChI=1S/C41H21F14N5/c1-3-12(2)56-41-39(54)31(46)26(32(47)40(41)55)22-16-7-5-14(58-16)13-4-6-15(57-13)21(24-27(42)33(48)37(52)34(49)28(24)43)17-8-10-19(59-17)23(20-11-9-18(22)60-20)25-29(44)35(50)38(53)36(51)30(25)45/h4-12,56,58-60H,3H2,1-2H3. The van der Waals surface area contributed by atoms with Gasteiger partial charge in [0.05, 0.1) is 33.6 Å². The first kappa shape index (κ1) is 40.0. The molecule has 1 unspecified atom stereocenters. The summed E-state index contributed by atoms with van der Waals surface area (Å²) in [7, 11) is 0. The van der Waals surface area contributed by atoms with Crippen LogP contribution in [0.5, 0.6) is 0 Å². The molecular formula is C41H21F14N5. The lowest BCUT2D eigenvalue weighted by Crippen LogP contribution is -2.17. The van der Waals surface area contributed by atoms with Gasteiger partial charge in [0.2, 0.25) is 11.6 Å². The summed E-state index contributed by atoms with van der Waals surface area (Å²) in [6.45, 7) is 3.11. The van der Waals surface area contributed by atoms with Crippen LogP contribution in [0.1, 0.15) is 31.7 Å². The number of nitrogens with zero attached hydrogens (tertiary/aromatic N) is 1. The van der Waals surface area contributed by atoms with Crippen LogP contribution in [0.4, 0.5) is 67.2 Å². The highest BCUT2D eigenvalue weighted by Crippen LogP contribution is 2.43. The second-order valence-corrected chi connectivity index (χ2v) is 13.5. The first-order chi connectivity index (χ1) is 28.5. The summed E-state index contributed by atoms with van der Waals surface area (Å²) in [5.74, 6) is -31.7. The summed E-state index contributed by atoms with van der Waals surface area (Å²) < 4.78 is 214. The summed E-state index contributed by atoms with van der Waals surface area (Å²) in [4.78, 5) is 12.0. The predicted molar refractivity (Wildman–Crippen MR) is 194 cm³/mol. The van der Waals surface area contributed by atoms with E-state index in [1.54, 1.807) is 6.92 Å². The van der Waals surface area contributed by atoms with Gasteiger partial charge in [-0.3, -0.25) is 0 Å². The lowest BCUT2D eigenvalue weighted by Gasteiger charge is -2.17. The van der Waals surface area contributed by atoms with E-state index < -0.39 is 154 Å². The lowest BCUT2D eigenvalue weighted by molar-refractivity contribution is 0.381. The molecule has 3 aromatic carbocycles.